The van der Waals surface area contributed by atoms with Crippen LogP contribution in [-0.4, -0.2) is 34.3 Å². The minimum absolute atomic E-state index is 0.166. The summed E-state index contributed by atoms with van der Waals surface area (Å²) in [5.74, 6) is -3.00. The van der Waals surface area contributed by atoms with Crippen LogP contribution in [0.25, 0.3) is 0 Å². The summed E-state index contributed by atoms with van der Waals surface area (Å²) in [5.41, 5.74) is -0.686. The second-order valence-electron chi connectivity index (χ2n) is 6.48. The van der Waals surface area contributed by atoms with Gasteiger partial charge in [-0.1, -0.05) is 12.1 Å². The van der Waals surface area contributed by atoms with Crippen LogP contribution in [0.1, 0.15) is 38.7 Å². The molecule has 1 fully saturated rings. The zero-order valence-electron chi connectivity index (χ0n) is 13.8. The van der Waals surface area contributed by atoms with Crippen molar-refractivity contribution in [3.63, 3.8) is 0 Å². The van der Waals surface area contributed by atoms with Crippen molar-refractivity contribution in [2.75, 3.05) is 6.26 Å². The minimum Gasteiger partial charge on any atom is -0.389 e. The van der Waals surface area contributed by atoms with Crippen LogP contribution in [-0.2, 0) is 14.4 Å². The maximum Gasteiger partial charge on any atom is 0.146 e. The summed E-state index contributed by atoms with van der Waals surface area (Å²) in [6, 6.07) is 7.50. The Hall–Kier alpha value is -1.46. The van der Waals surface area contributed by atoms with E-state index in [1.165, 1.54) is 20.8 Å². The molecule has 0 saturated heterocycles. The van der Waals surface area contributed by atoms with Gasteiger partial charge in [-0.2, -0.15) is 0 Å². The van der Waals surface area contributed by atoms with Crippen LogP contribution in [0.3, 0.4) is 0 Å². The van der Waals surface area contributed by atoms with Crippen molar-refractivity contribution in [3.05, 3.63) is 29.8 Å². The maximum absolute atomic E-state index is 12.4. The highest BCUT2D eigenvalue weighted by molar-refractivity contribution is 7.98. The molecular formula is C18H22O4S. The lowest BCUT2D eigenvalue weighted by Crippen LogP contribution is -2.53. The molecule has 5 heteroatoms. The fourth-order valence-electron chi connectivity index (χ4n) is 3.73. The van der Waals surface area contributed by atoms with Crippen LogP contribution in [0.5, 0.6) is 0 Å². The average Bonchev–Trinajstić information content (AvgIpc) is 2.44. The maximum atomic E-state index is 12.4. The van der Waals surface area contributed by atoms with Crippen molar-refractivity contribution in [1.29, 1.82) is 0 Å². The van der Waals surface area contributed by atoms with E-state index >= 15 is 0 Å². The van der Waals surface area contributed by atoms with Crippen LogP contribution >= 0.6 is 11.8 Å². The molecule has 0 heterocycles. The molecule has 0 amide bonds. The Kier molecular flexibility index (Phi) is 5.11. The molecule has 0 bridgehead atoms. The van der Waals surface area contributed by atoms with E-state index < -0.39 is 23.4 Å². The van der Waals surface area contributed by atoms with Crippen molar-refractivity contribution < 1.29 is 19.5 Å². The summed E-state index contributed by atoms with van der Waals surface area (Å²) in [6.45, 7) is 4.30. The number of carbonyl (C=O) groups is 3. The Labute approximate surface area is 140 Å². The highest BCUT2D eigenvalue weighted by atomic mass is 32.2. The Morgan fingerprint density at radius 3 is 2.17 bits per heavy atom. The van der Waals surface area contributed by atoms with Gasteiger partial charge >= 0.3 is 0 Å². The van der Waals surface area contributed by atoms with Gasteiger partial charge in [0.25, 0.3) is 0 Å². The number of hydrogen-bond acceptors (Lipinski definition) is 5. The monoisotopic (exact) mass is 334 g/mol. The molecule has 1 aliphatic rings. The molecule has 124 valence electrons. The Morgan fingerprint density at radius 2 is 1.74 bits per heavy atom. The summed E-state index contributed by atoms with van der Waals surface area (Å²) in [7, 11) is 0. The van der Waals surface area contributed by atoms with Gasteiger partial charge in [0, 0.05) is 17.2 Å². The van der Waals surface area contributed by atoms with Gasteiger partial charge in [-0.05, 0) is 44.7 Å². The molecule has 1 aliphatic carbocycles. The summed E-state index contributed by atoms with van der Waals surface area (Å²) in [5, 5.41) is 10.7. The Morgan fingerprint density at radius 1 is 1.17 bits per heavy atom. The largest absolute Gasteiger partial charge is 0.389 e. The standard InChI is InChI=1S/C18H22O4S/c1-10(19)15-14(21)9-18(3,22)17(11(2)20)16(15)12-5-7-13(23-4)8-6-12/h5-8,15-17,22H,9H2,1-4H3/t15-,16+,17-,18-/m1/s1. The van der Waals surface area contributed by atoms with E-state index in [4.69, 9.17) is 0 Å². The molecule has 4 nitrogen and oxygen atoms in total. The summed E-state index contributed by atoms with van der Waals surface area (Å²) < 4.78 is 0. The topological polar surface area (TPSA) is 71.4 Å². The Balaban J connectivity index is 2.58. The van der Waals surface area contributed by atoms with Gasteiger partial charge in [0.15, 0.2) is 0 Å². The average molecular weight is 334 g/mol. The van der Waals surface area contributed by atoms with Gasteiger partial charge in [0.05, 0.1) is 17.4 Å². The predicted octanol–water partition coefficient (Wildman–Crippen LogP) is 2.63. The fourth-order valence-corrected chi connectivity index (χ4v) is 4.14. The molecule has 2 rings (SSSR count). The zero-order valence-corrected chi connectivity index (χ0v) is 14.6. The van der Waals surface area contributed by atoms with E-state index in [9.17, 15) is 19.5 Å². The smallest absolute Gasteiger partial charge is 0.146 e. The highest BCUT2D eigenvalue weighted by Crippen LogP contribution is 2.46. The summed E-state index contributed by atoms with van der Waals surface area (Å²) in [6.07, 6.45) is 1.79. The molecule has 0 unspecified atom stereocenters. The van der Waals surface area contributed by atoms with Crippen molar-refractivity contribution in [1.82, 2.24) is 0 Å². The lowest BCUT2D eigenvalue weighted by Gasteiger charge is -2.44. The molecule has 1 N–H and O–H groups in total. The van der Waals surface area contributed by atoms with E-state index in [2.05, 4.69) is 0 Å². The van der Waals surface area contributed by atoms with Crippen molar-refractivity contribution in [3.8, 4) is 0 Å². The molecule has 23 heavy (non-hydrogen) atoms. The van der Waals surface area contributed by atoms with E-state index in [1.807, 2.05) is 30.5 Å². The minimum atomic E-state index is -1.43. The molecule has 1 aromatic rings. The number of Topliss-reactive ketones (excluding diaryl/α,β-unsaturated/α-hetero) is 3. The molecule has 0 aromatic heterocycles. The number of carbonyl (C=O) groups excluding carboxylic acids is 3. The Bertz CT molecular complexity index is 633. The van der Waals surface area contributed by atoms with Crippen LogP contribution in [0.2, 0.25) is 0 Å². The molecule has 0 radical (unpaired) electrons. The predicted molar refractivity (Wildman–Crippen MR) is 89.6 cm³/mol. The molecule has 1 saturated carbocycles. The number of thioether (sulfide) groups is 1. The molecule has 0 aliphatic heterocycles. The lowest BCUT2D eigenvalue weighted by atomic mass is 9.60. The summed E-state index contributed by atoms with van der Waals surface area (Å²) >= 11 is 1.59. The van der Waals surface area contributed by atoms with Crippen LogP contribution in [0.15, 0.2) is 29.2 Å². The third kappa shape index (κ3) is 3.40. The molecule has 0 spiro atoms. The van der Waals surface area contributed by atoms with Gasteiger partial charge < -0.3 is 5.11 Å². The normalized spacial score (nSPS) is 31.0. The first-order valence-electron chi connectivity index (χ1n) is 7.59. The van der Waals surface area contributed by atoms with E-state index in [0.29, 0.717) is 0 Å². The number of ketones is 3. The van der Waals surface area contributed by atoms with Gasteiger partial charge in [-0.3, -0.25) is 14.4 Å². The van der Waals surface area contributed by atoms with Crippen LogP contribution in [0.4, 0.5) is 0 Å². The van der Waals surface area contributed by atoms with Gasteiger partial charge in [-0.15, -0.1) is 11.8 Å². The first-order valence-corrected chi connectivity index (χ1v) is 8.81. The van der Waals surface area contributed by atoms with Crippen LogP contribution < -0.4 is 0 Å². The number of rotatable bonds is 4. The number of benzene rings is 1. The van der Waals surface area contributed by atoms with Crippen molar-refractivity contribution in [2.45, 2.75) is 43.6 Å². The molecule has 1 aromatic carbocycles. The SMILES string of the molecule is CSc1ccc([C@H]2[C@H](C(C)=O)C(=O)C[C@@](C)(O)[C@@H]2C(C)=O)cc1. The van der Waals surface area contributed by atoms with Crippen LogP contribution in [0, 0.1) is 11.8 Å². The van der Waals surface area contributed by atoms with Crippen molar-refractivity contribution in [2.24, 2.45) is 11.8 Å². The van der Waals surface area contributed by atoms with Gasteiger partial charge in [0.2, 0.25) is 0 Å². The number of hydrogen-bond donors (Lipinski definition) is 1. The summed E-state index contributed by atoms with van der Waals surface area (Å²) in [4.78, 5) is 37.8. The van der Waals surface area contributed by atoms with Gasteiger partial charge in [0.1, 0.15) is 17.3 Å². The number of aliphatic hydroxyl groups is 1. The van der Waals surface area contributed by atoms with Gasteiger partial charge in [-0.25, -0.2) is 0 Å². The van der Waals surface area contributed by atoms with E-state index in [1.54, 1.807) is 11.8 Å². The highest BCUT2D eigenvalue weighted by Gasteiger charge is 2.53. The molecule has 4 atom stereocenters. The van der Waals surface area contributed by atoms with E-state index in [0.717, 1.165) is 10.5 Å². The lowest BCUT2D eigenvalue weighted by molar-refractivity contribution is -0.151. The second kappa shape index (κ2) is 6.57. The molecular weight excluding hydrogens is 312 g/mol. The zero-order chi connectivity index (χ0) is 17.4. The third-order valence-corrected chi connectivity index (χ3v) is 5.39. The van der Waals surface area contributed by atoms with Crippen molar-refractivity contribution >= 4 is 29.1 Å². The first-order chi connectivity index (χ1) is 10.7. The second-order valence-corrected chi connectivity index (χ2v) is 7.36. The van der Waals surface area contributed by atoms with E-state index in [-0.39, 0.29) is 23.8 Å². The fraction of sp³-hybridized carbons (Fsp3) is 0.500. The first kappa shape index (κ1) is 17.9. The third-order valence-electron chi connectivity index (χ3n) is 4.64. The quantitative estimate of drug-likeness (QED) is 0.677.